The molecule has 0 unspecified atom stereocenters. The molecule has 9 heteroatoms. The average Bonchev–Trinajstić information content (AvgIpc) is 3.30. The van der Waals surface area contributed by atoms with Gasteiger partial charge in [-0.25, -0.2) is 18.4 Å². The number of nitrogens with one attached hydrogen (secondary N) is 1. The fraction of sp³-hybridized carbons (Fsp3) is 0.292. The first-order valence-electron chi connectivity index (χ1n) is 10.7. The third-order valence-electron chi connectivity index (χ3n) is 5.44. The summed E-state index contributed by atoms with van der Waals surface area (Å²) < 4.78 is 27.3. The quantitative estimate of drug-likeness (QED) is 0.517. The summed E-state index contributed by atoms with van der Waals surface area (Å²) in [5.41, 5.74) is 3.51. The molecule has 1 aliphatic rings. The Morgan fingerprint density at radius 2 is 1.58 bits per heavy atom. The molecule has 2 aromatic carbocycles. The second-order valence-electron chi connectivity index (χ2n) is 8.10. The Morgan fingerprint density at radius 3 is 2.21 bits per heavy atom. The first-order chi connectivity index (χ1) is 15.7. The van der Waals surface area contributed by atoms with Crippen molar-refractivity contribution in [1.82, 2.24) is 14.3 Å². The van der Waals surface area contributed by atoms with Crippen molar-refractivity contribution in [3.05, 3.63) is 71.0 Å². The molecule has 4 rings (SSSR count). The third kappa shape index (κ3) is 5.43. The Balaban J connectivity index is 1.49. The second kappa shape index (κ2) is 9.62. The number of benzene rings is 2. The van der Waals surface area contributed by atoms with E-state index in [0.717, 1.165) is 29.1 Å². The molecule has 1 amide bonds. The molecule has 0 spiro atoms. The van der Waals surface area contributed by atoms with Gasteiger partial charge >= 0.3 is 0 Å². The molecule has 0 bridgehead atoms. The maximum Gasteiger partial charge on any atom is 0.255 e. The summed E-state index contributed by atoms with van der Waals surface area (Å²) in [6.07, 6.45) is 1.73. The highest BCUT2D eigenvalue weighted by molar-refractivity contribution is 7.99. The third-order valence-corrected chi connectivity index (χ3v) is 8.21. The van der Waals surface area contributed by atoms with E-state index in [1.165, 1.54) is 22.1 Å². The summed E-state index contributed by atoms with van der Waals surface area (Å²) in [6.45, 7) is 6.71. The summed E-state index contributed by atoms with van der Waals surface area (Å²) in [4.78, 5) is 22.9. The standard InChI is InChI=1S/C24H26N4O3S2/c1-16-6-11-21(33(30,31)28-12-4-5-13-28)15-22(16)23(29)27-19-7-9-20(10-8-19)32-24-25-17(2)14-18(3)26-24/h6-11,14-15H,4-5,12-13H2,1-3H3,(H,27,29). The lowest BCUT2D eigenvalue weighted by molar-refractivity contribution is 0.102. The molecule has 0 aliphatic carbocycles. The lowest BCUT2D eigenvalue weighted by atomic mass is 10.1. The van der Waals surface area contributed by atoms with Gasteiger partial charge in [0.05, 0.1) is 4.90 Å². The van der Waals surface area contributed by atoms with Crippen LogP contribution >= 0.6 is 11.8 Å². The highest BCUT2D eigenvalue weighted by Gasteiger charge is 2.28. The van der Waals surface area contributed by atoms with Gasteiger partial charge in [-0.05, 0) is 93.4 Å². The number of amides is 1. The Hall–Kier alpha value is -2.75. The number of nitrogens with zero attached hydrogens (tertiary/aromatic N) is 3. The van der Waals surface area contributed by atoms with Crippen LogP contribution in [0.5, 0.6) is 0 Å². The largest absolute Gasteiger partial charge is 0.322 e. The molecule has 1 saturated heterocycles. The van der Waals surface area contributed by atoms with Crippen LogP contribution in [0.15, 0.2) is 63.5 Å². The van der Waals surface area contributed by atoms with E-state index in [4.69, 9.17) is 0 Å². The molecule has 1 N–H and O–H groups in total. The molecule has 0 atom stereocenters. The Kier molecular flexibility index (Phi) is 6.83. The van der Waals surface area contributed by atoms with Crippen molar-refractivity contribution < 1.29 is 13.2 Å². The molecule has 3 aromatic rings. The minimum atomic E-state index is -3.59. The van der Waals surface area contributed by atoms with Gasteiger partial charge in [0.15, 0.2) is 5.16 Å². The number of aromatic nitrogens is 2. The van der Waals surface area contributed by atoms with Crippen LogP contribution in [0.1, 0.15) is 40.2 Å². The van der Waals surface area contributed by atoms with E-state index in [0.29, 0.717) is 35.1 Å². The number of aryl methyl sites for hydroxylation is 3. The zero-order valence-electron chi connectivity index (χ0n) is 18.8. The summed E-state index contributed by atoms with van der Waals surface area (Å²) in [7, 11) is -3.59. The van der Waals surface area contributed by atoms with Gasteiger partial charge < -0.3 is 5.32 Å². The van der Waals surface area contributed by atoms with Gasteiger partial charge in [0, 0.05) is 40.6 Å². The average molecular weight is 483 g/mol. The number of hydrogen-bond acceptors (Lipinski definition) is 6. The van der Waals surface area contributed by atoms with Crippen LogP contribution in [0, 0.1) is 20.8 Å². The Labute approximate surface area is 198 Å². The van der Waals surface area contributed by atoms with E-state index in [-0.39, 0.29) is 10.8 Å². The first-order valence-corrected chi connectivity index (χ1v) is 13.0. The summed E-state index contributed by atoms with van der Waals surface area (Å²) in [5, 5.41) is 3.55. The highest BCUT2D eigenvalue weighted by atomic mass is 32.2. The molecular weight excluding hydrogens is 456 g/mol. The van der Waals surface area contributed by atoms with E-state index >= 15 is 0 Å². The van der Waals surface area contributed by atoms with Gasteiger partial charge in [-0.1, -0.05) is 6.07 Å². The lowest BCUT2D eigenvalue weighted by Crippen LogP contribution is -2.28. The fourth-order valence-corrected chi connectivity index (χ4v) is 6.14. The van der Waals surface area contributed by atoms with Gasteiger partial charge in [0.2, 0.25) is 10.0 Å². The SMILES string of the molecule is Cc1cc(C)nc(Sc2ccc(NC(=O)c3cc(S(=O)(=O)N4CCCC4)ccc3C)cc2)n1. The summed E-state index contributed by atoms with van der Waals surface area (Å²) >= 11 is 1.45. The van der Waals surface area contributed by atoms with E-state index in [9.17, 15) is 13.2 Å². The zero-order valence-corrected chi connectivity index (χ0v) is 20.5. The smallest absolute Gasteiger partial charge is 0.255 e. The van der Waals surface area contributed by atoms with Crippen molar-refractivity contribution in [2.24, 2.45) is 0 Å². The monoisotopic (exact) mass is 482 g/mol. The summed E-state index contributed by atoms with van der Waals surface area (Å²) in [6, 6.07) is 14.1. The minimum absolute atomic E-state index is 0.153. The maximum atomic E-state index is 12.9. The van der Waals surface area contributed by atoms with Crippen LogP contribution in [-0.2, 0) is 10.0 Å². The number of rotatable bonds is 6. The van der Waals surface area contributed by atoms with E-state index < -0.39 is 10.0 Å². The van der Waals surface area contributed by atoms with Crippen LogP contribution in [0.2, 0.25) is 0 Å². The highest BCUT2D eigenvalue weighted by Crippen LogP contribution is 2.27. The van der Waals surface area contributed by atoms with Gasteiger partial charge in [0.25, 0.3) is 5.91 Å². The molecule has 0 radical (unpaired) electrons. The predicted octanol–water partition coefficient (Wildman–Crippen LogP) is 4.59. The minimum Gasteiger partial charge on any atom is -0.322 e. The molecule has 7 nitrogen and oxygen atoms in total. The molecular formula is C24H26N4O3S2. The van der Waals surface area contributed by atoms with Gasteiger partial charge in [-0.15, -0.1) is 0 Å². The topological polar surface area (TPSA) is 92.3 Å². The van der Waals surface area contributed by atoms with Crippen molar-refractivity contribution in [3.8, 4) is 0 Å². The Bertz CT molecular complexity index is 1270. The van der Waals surface area contributed by atoms with Crippen molar-refractivity contribution in [3.63, 3.8) is 0 Å². The molecule has 1 fully saturated rings. The van der Waals surface area contributed by atoms with E-state index in [2.05, 4.69) is 15.3 Å². The summed E-state index contributed by atoms with van der Waals surface area (Å²) in [5.74, 6) is -0.344. The number of anilines is 1. The Morgan fingerprint density at radius 1 is 0.939 bits per heavy atom. The van der Waals surface area contributed by atoms with Gasteiger partial charge in [0.1, 0.15) is 0 Å². The molecule has 1 aliphatic heterocycles. The number of sulfonamides is 1. The van der Waals surface area contributed by atoms with Gasteiger partial charge in [-0.2, -0.15) is 4.31 Å². The molecule has 172 valence electrons. The zero-order chi connectivity index (χ0) is 23.6. The number of hydrogen-bond donors (Lipinski definition) is 1. The van der Waals surface area contributed by atoms with Crippen LogP contribution < -0.4 is 5.32 Å². The first kappa shape index (κ1) is 23.4. The van der Waals surface area contributed by atoms with Crippen molar-refractivity contribution in [1.29, 1.82) is 0 Å². The van der Waals surface area contributed by atoms with Crippen LogP contribution in [0.4, 0.5) is 5.69 Å². The van der Waals surface area contributed by atoms with Crippen molar-refractivity contribution in [2.45, 2.75) is 48.6 Å². The molecule has 1 aromatic heterocycles. The second-order valence-corrected chi connectivity index (χ2v) is 11.1. The van der Waals surface area contributed by atoms with Crippen LogP contribution in [0.25, 0.3) is 0 Å². The van der Waals surface area contributed by atoms with Crippen LogP contribution in [-0.4, -0.2) is 41.7 Å². The van der Waals surface area contributed by atoms with Crippen molar-refractivity contribution >= 4 is 33.4 Å². The number of carbonyl (C=O) groups excluding carboxylic acids is 1. The maximum absolute atomic E-state index is 12.9. The lowest BCUT2D eigenvalue weighted by Gasteiger charge is -2.17. The van der Waals surface area contributed by atoms with Crippen molar-refractivity contribution in [2.75, 3.05) is 18.4 Å². The fourth-order valence-electron chi connectivity index (χ4n) is 3.73. The number of carbonyl (C=O) groups is 1. The van der Waals surface area contributed by atoms with Crippen LogP contribution in [0.3, 0.4) is 0 Å². The molecule has 2 heterocycles. The van der Waals surface area contributed by atoms with E-state index in [1.807, 2.05) is 44.2 Å². The molecule has 33 heavy (non-hydrogen) atoms. The predicted molar refractivity (Wildman–Crippen MR) is 129 cm³/mol. The van der Waals surface area contributed by atoms with E-state index in [1.54, 1.807) is 19.1 Å². The molecule has 0 saturated carbocycles. The normalized spacial score (nSPS) is 14.4. The van der Waals surface area contributed by atoms with Gasteiger partial charge in [-0.3, -0.25) is 4.79 Å².